The summed E-state index contributed by atoms with van der Waals surface area (Å²) in [6.07, 6.45) is 0.422. The Bertz CT molecular complexity index is 3280. The van der Waals surface area contributed by atoms with Crippen molar-refractivity contribution in [2.45, 2.75) is 69.9 Å². The van der Waals surface area contributed by atoms with Gasteiger partial charge in [0.25, 0.3) is 17.9 Å². The second-order valence-electron chi connectivity index (χ2n) is 17.3. The normalized spacial score (nSPS) is 17.1. The maximum Gasteiger partial charge on any atom is 0.293 e. The van der Waals surface area contributed by atoms with Gasteiger partial charge in [-0.15, -0.1) is 0 Å². The summed E-state index contributed by atoms with van der Waals surface area (Å²) in [5.74, 6) is -8.49. The minimum absolute atomic E-state index is 0.00749. The summed E-state index contributed by atoms with van der Waals surface area (Å²) >= 11 is 6.65. The first-order chi connectivity index (χ1) is 30.5. The van der Waals surface area contributed by atoms with E-state index in [4.69, 9.17) is 16.6 Å². The number of hydrogen-bond acceptors (Lipinski definition) is 9. The van der Waals surface area contributed by atoms with E-state index in [1.165, 1.54) is 29.9 Å². The van der Waals surface area contributed by atoms with Gasteiger partial charge in [0.1, 0.15) is 41.2 Å². The van der Waals surface area contributed by atoms with Crippen LogP contribution in [0.1, 0.15) is 79.7 Å². The lowest BCUT2D eigenvalue weighted by molar-refractivity contribution is -0.123. The Kier molecular flexibility index (Phi) is 10.4. The number of sulfonamides is 1. The van der Waals surface area contributed by atoms with E-state index in [9.17, 15) is 30.8 Å². The molecule has 1 fully saturated rings. The van der Waals surface area contributed by atoms with Gasteiger partial charge in [-0.1, -0.05) is 38.4 Å². The van der Waals surface area contributed by atoms with Crippen LogP contribution in [0.4, 0.5) is 32.2 Å². The summed E-state index contributed by atoms with van der Waals surface area (Å²) < 4.78 is 119. The Hall–Kier alpha value is -6.35. The summed E-state index contributed by atoms with van der Waals surface area (Å²) in [6, 6.07) is 8.58. The quantitative estimate of drug-likeness (QED) is 0.123. The van der Waals surface area contributed by atoms with Crippen LogP contribution in [-0.2, 0) is 46.2 Å². The molecule has 0 bridgehead atoms. The van der Waals surface area contributed by atoms with Crippen molar-refractivity contribution in [3.63, 3.8) is 0 Å². The molecule has 22 heteroatoms. The molecule has 0 spiro atoms. The predicted molar refractivity (Wildman–Crippen MR) is 228 cm³/mol. The van der Waals surface area contributed by atoms with Crippen LogP contribution in [-0.4, -0.2) is 59.7 Å². The van der Waals surface area contributed by atoms with Crippen LogP contribution in [0, 0.1) is 17.6 Å². The van der Waals surface area contributed by atoms with Crippen molar-refractivity contribution >= 4 is 55.2 Å². The summed E-state index contributed by atoms with van der Waals surface area (Å²) in [5, 5.41) is 10.9. The van der Waals surface area contributed by atoms with Crippen molar-refractivity contribution in [3.8, 4) is 16.8 Å². The summed E-state index contributed by atoms with van der Waals surface area (Å²) in [5.41, 5.74) is -1.80. The molecule has 0 aliphatic heterocycles. The van der Waals surface area contributed by atoms with E-state index in [0.717, 1.165) is 23.0 Å². The molecule has 1 saturated carbocycles. The van der Waals surface area contributed by atoms with E-state index in [0.29, 0.717) is 27.7 Å². The average molecular weight is 939 g/mol. The Morgan fingerprint density at radius 1 is 1.00 bits per heavy atom. The average Bonchev–Trinajstić information content (AvgIpc) is 3.75. The number of nitrogens with zero attached hydrogens (tertiary/aromatic N) is 8. The number of amides is 1. The zero-order valence-electron chi connectivity index (χ0n) is 35.0. The molecule has 65 heavy (non-hydrogen) atoms. The zero-order chi connectivity index (χ0) is 46.7. The molecule has 0 radical (unpaired) electrons. The topological polar surface area (TPSA) is 172 Å². The molecule has 7 aromatic rings. The Morgan fingerprint density at radius 2 is 1.69 bits per heavy atom. The fraction of sp³-hybridized carbons (Fsp3) is 0.326. The van der Waals surface area contributed by atoms with Gasteiger partial charge in [-0.25, -0.2) is 40.9 Å². The zero-order valence-corrected chi connectivity index (χ0v) is 36.5. The number of fused-ring (bicyclic) bond motifs is 5. The summed E-state index contributed by atoms with van der Waals surface area (Å²) in [4.78, 5) is 43.2. The highest BCUT2D eigenvalue weighted by atomic mass is 35.5. The van der Waals surface area contributed by atoms with Gasteiger partial charge in [0.15, 0.2) is 5.82 Å². The number of carbonyl (C=O) groups excluding carboxylic acids is 1. The number of alkyl halides is 4. The fourth-order valence-corrected chi connectivity index (χ4v) is 9.36. The van der Waals surface area contributed by atoms with Crippen LogP contribution >= 0.6 is 11.6 Å². The van der Waals surface area contributed by atoms with E-state index in [2.05, 4.69) is 30.2 Å². The van der Waals surface area contributed by atoms with Crippen molar-refractivity contribution in [3.05, 3.63) is 122 Å². The fourth-order valence-electron chi connectivity index (χ4n) is 8.62. The molecule has 338 valence electrons. The van der Waals surface area contributed by atoms with Crippen LogP contribution in [0.15, 0.2) is 65.7 Å². The van der Waals surface area contributed by atoms with Crippen molar-refractivity contribution < 1.29 is 39.6 Å². The number of rotatable bonds is 11. The van der Waals surface area contributed by atoms with Crippen molar-refractivity contribution in [1.82, 2.24) is 44.4 Å². The van der Waals surface area contributed by atoms with E-state index in [1.807, 2.05) is 20.8 Å². The van der Waals surface area contributed by atoms with Gasteiger partial charge in [0, 0.05) is 54.4 Å². The third-order valence-electron chi connectivity index (χ3n) is 11.5. The van der Waals surface area contributed by atoms with Crippen molar-refractivity contribution in [1.29, 1.82) is 0 Å². The molecule has 1 amide bonds. The monoisotopic (exact) mass is 938 g/mol. The minimum atomic E-state index is -3.92. The highest BCUT2D eigenvalue weighted by Crippen LogP contribution is 2.68. The molecule has 4 heterocycles. The lowest BCUT2D eigenvalue weighted by Crippen LogP contribution is -2.38. The molecule has 4 aromatic heterocycles. The third-order valence-corrected chi connectivity index (χ3v) is 12.3. The molecular weight excluding hydrogens is 902 g/mol. The molecule has 3 aromatic carbocycles. The lowest BCUT2D eigenvalue weighted by atomic mass is 9.95. The molecular formula is C43H37ClF6N10O4S. The first-order valence-electron chi connectivity index (χ1n) is 20.0. The Labute approximate surface area is 370 Å². The number of hydrogen-bond donors (Lipinski definition) is 2. The van der Waals surface area contributed by atoms with Gasteiger partial charge >= 0.3 is 0 Å². The van der Waals surface area contributed by atoms with Crippen LogP contribution in [0.5, 0.6) is 0 Å². The van der Waals surface area contributed by atoms with Gasteiger partial charge in [-0.3, -0.25) is 28.2 Å². The summed E-state index contributed by atoms with van der Waals surface area (Å²) in [6.45, 7) is 4.86. The van der Waals surface area contributed by atoms with E-state index in [1.54, 1.807) is 24.5 Å². The second kappa shape index (κ2) is 15.4. The molecule has 2 aliphatic rings. The SMILES string of the molecule is Cn1nc(NS(C)(=O)=O)c2c(Cl)ccc(-n3c([C@H](Cc4cc(F)cc(F)c4)NC(=O)Cn4nc(C(F)F)c5c4C(F)(F)C4CC54)nc4cc(-c5cnc(C(C)(C)C)nc5)ccc4c3=O)c21. The predicted octanol–water partition coefficient (Wildman–Crippen LogP) is 7.77. The largest absolute Gasteiger partial charge is 0.344 e. The Morgan fingerprint density at radius 3 is 2.34 bits per heavy atom. The van der Waals surface area contributed by atoms with Crippen LogP contribution in [0.3, 0.4) is 0 Å². The van der Waals surface area contributed by atoms with Crippen LogP contribution in [0.25, 0.3) is 38.6 Å². The number of anilines is 1. The highest BCUT2D eigenvalue weighted by Gasteiger charge is 2.67. The molecule has 2 unspecified atom stereocenters. The van der Waals surface area contributed by atoms with Gasteiger partial charge in [0.05, 0.1) is 44.8 Å². The summed E-state index contributed by atoms with van der Waals surface area (Å²) in [7, 11) is -2.46. The Balaban J connectivity index is 1.25. The maximum absolute atomic E-state index is 15.6. The van der Waals surface area contributed by atoms with E-state index < -0.39 is 87.7 Å². The highest BCUT2D eigenvalue weighted by molar-refractivity contribution is 7.92. The van der Waals surface area contributed by atoms with Crippen LogP contribution < -0.4 is 15.6 Å². The minimum Gasteiger partial charge on any atom is -0.344 e. The number of halogens is 7. The lowest BCUT2D eigenvalue weighted by Gasteiger charge is -2.24. The van der Waals surface area contributed by atoms with Crippen LogP contribution in [0.2, 0.25) is 5.02 Å². The maximum atomic E-state index is 15.6. The molecule has 2 N–H and O–H groups in total. The van der Waals surface area contributed by atoms with Crippen molar-refractivity contribution in [2.24, 2.45) is 13.0 Å². The van der Waals surface area contributed by atoms with Gasteiger partial charge in [0.2, 0.25) is 15.9 Å². The molecule has 0 saturated heterocycles. The number of benzene rings is 3. The third kappa shape index (κ3) is 7.87. The molecule has 9 rings (SSSR count). The van der Waals surface area contributed by atoms with Gasteiger partial charge in [-0.2, -0.15) is 19.0 Å². The first kappa shape index (κ1) is 43.9. The first-order valence-corrected chi connectivity index (χ1v) is 22.3. The number of aromatic nitrogens is 8. The van der Waals surface area contributed by atoms with Gasteiger partial charge < -0.3 is 5.32 Å². The number of nitrogens with one attached hydrogen (secondary N) is 2. The van der Waals surface area contributed by atoms with Gasteiger partial charge in [-0.05, 0) is 59.9 Å². The van der Waals surface area contributed by atoms with E-state index in [-0.39, 0.29) is 67.1 Å². The number of carbonyl (C=O) groups is 1. The van der Waals surface area contributed by atoms with Crippen molar-refractivity contribution in [2.75, 3.05) is 11.0 Å². The number of aryl methyl sites for hydroxylation is 1. The second-order valence-corrected chi connectivity index (χ2v) is 19.5. The molecule has 3 atom stereocenters. The molecule has 14 nitrogen and oxygen atoms in total. The smallest absolute Gasteiger partial charge is 0.293 e. The molecule has 2 aliphatic carbocycles. The van der Waals surface area contributed by atoms with E-state index >= 15 is 13.6 Å². The standard InChI is InChI=1S/C43H37ClF6N10O4S/c1-42(2,3)41-51-16-21(17-52-41)20-6-7-24-28(13-20)54-39(60(40(24)62)30-9-8-27(44)33-35(30)58(4)56-38(33)57-65(5,63)64)29(12-19-10-22(45)14-23(46)11-19)53-31(61)18-59-36-32(34(55-59)37(47)48)25-15-26(25)43(36,49)50/h6-11,13-14,16-17,25-26,29,37H,12,15,18H2,1-5H3,(H,53,61)(H,56,57)/t25?,26?,29-/m0/s1.